The van der Waals surface area contributed by atoms with E-state index in [0.29, 0.717) is 6.04 Å². The molecule has 0 amide bonds. The molecule has 0 aromatic carbocycles. The van der Waals surface area contributed by atoms with Gasteiger partial charge in [0, 0.05) is 24.5 Å². The fraction of sp³-hybridized carbons (Fsp3) is 0.500. The first-order chi connectivity index (χ1) is 11.1. The molecule has 0 bridgehead atoms. The van der Waals surface area contributed by atoms with Crippen molar-refractivity contribution in [1.82, 2.24) is 25.1 Å². The van der Waals surface area contributed by atoms with Crippen molar-refractivity contribution in [2.45, 2.75) is 26.3 Å². The highest BCUT2D eigenvalue weighted by atomic mass is 32.1. The smallest absolute Gasteiger partial charge is 0.150 e. The molecule has 1 atom stereocenters. The van der Waals surface area contributed by atoms with Crippen molar-refractivity contribution in [2.24, 2.45) is 0 Å². The molecule has 1 aliphatic heterocycles. The van der Waals surface area contributed by atoms with Crippen molar-refractivity contribution < 1.29 is 0 Å². The van der Waals surface area contributed by atoms with Crippen LogP contribution in [0.25, 0.3) is 20.4 Å². The average Bonchev–Trinajstić information content (AvgIpc) is 3.15. The van der Waals surface area contributed by atoms with Crippen molar-refractivity contribution in [3.05, 3.63) is 17.6 Å². The molecule has 1 aliphatic rings. The summed E-state index contributed by atoms with van der Waals surface area (Å²) in [5.41, 5.74) is 3.14. The molecule has 1 unspecified atom stereocenters. The normalized spacial score (nSPS) is 18.7. The number of anilines is 1. The van der Waals surface area contributed by atoms with Gasteiger partial charge in [0.05, 0.1) is 15.9 Å². The zero-order chi connectivity index (χ0) is 16.1. The standard InChI is InChI=1S/C16H20N6S/c1-9-10(2)19-20-16-12(9)13-14(23-16)15(18-8-17-13)22-6-5-11(7-22)21(3)4/h8,11H,5-7H2,1-4H3. The average molecular weight is 328 g/mol. The lowest BCUT2D eigenvalue weighted by Gasteiger charge is -2.21. The summed E-state index contributed by atoms with van der Waals surface area (Å²) < 4.78 is 1.13. The zero-order valence-electron chi connectivity index (χ0n) is 13.9. The van der Waals surface area contributed by atoms with Crippen LogP contribution in [0.4, 0.5) is 5.82 Å². The van der Waals surface area contributed by atoms with Crippen LogP contribution in [-0.4, -0.2) is 58.3 Å². The predicted molar refractivity (Wildman–Crippen MR) is 94.3 cm³/mol. The molecule has 1 fully saturated rings. The highest BCUT2D eigenvalue weighted by Crippen LogP contribution is 2.38. The molecule has 120 valence electrons. The van der Waals surface area contributed by atoms with E-state index in [1.807, 2.05) is 6.92 Å². The van der Waals surface area contributed by atoms with E-state index in [4.69, 9.17) is 0 Å². The Labute approximate surface area is 139 Å². The van der Waals surface area contributed by atoms with Gasteiger partial charge in [0.1, 0.15) is 17.0 Å². The molecular formula is C16H20N6S. The van der Waals surface area contributed by atoms with E-state index in [0.717, 1.165) is 45.0 Å². The molecule has 23 heavy (non-hydrogen) atoms. The van der Waals surface area contributed by atoms with E-state index >= 15 is 0 Å². The Balaban J connectivity index is 1.88. The molecule has 0 radical (unpaired) electrons. The van der Waals surface area contributed by atoms with Gasteiger partial charge < -0.3 is 9.80 Å². The maximum atomic E-state index is 4.59. The molecule has 3 aromatic heterocycles. The second kappa shape index (κ2) is 5.35. The van der Waals surface area contributed by atoms with Gasteiger partial charge in [-0.15, -0.1) is 16.4 Å². The van der Waals surface area contributed by atoms with Crippen LogP contribution in [0.3, 0.4) is 0 Å². The molecule has 6 nitrogen and oxygen atoms in total. The first-order valence-electron chi connectivity index (χ1n) is 7.84. The van der Waals surface area contributed by atoms with E-state index in [-0.39, 0.29) is 0 Å². The van der Waals surface area contributed by atoms with Crippen LogP contribution in [0.15, 0.2) is 6.33 Å². The third-order valence-corrected chi connectivity index (χ3v) is 5.90. The summed E-state index contributed by atoms with van der Waals surface area (Å²) >= 11 is 1.65. The number of nitrogens with zero attached hydrogens (tertiary/aromatic N) is 6. The zero-order valence-corrected chi connectivity index (χ0v) is 14.7. The number of fused-ring (bicyclic) bond motifs is 3. The van der Waals surface area contributed by atoms with Gasteiger partial charge in [-0.3, -0.25) is 0 Å². The summed E-state index contributed by atoms with van der Waals surface area (Å²) in [7, 11) is 4.29. The van der Waals surface area contributed by atoms with Gasteiger partial charge >= 0.3 is 0 Å². The lowest BCUT2D eigenvalue weighted by Crippen LogP contribution is -2.31. The van der Waals surface area contributed by atoms with Gasteiger partial charge in [-0.25, -0.2) is 9.97 Å². The van der Waals surface area contributed by atoms with E-state index in [9.17, 15) is 0 Å². The monoisotopic (exact) mass is 328 g/mol. The second-order valence-corrected chi connectivity index (χ2v) is 7.42. The van der Waals surface area contributed by atoms with Crippen molar-refractivity contribution in [2.75, 3.05) is 32.1 Å². The van der Waals surface area contributed by atoms with Gasteiger partial charge in [-0.1, -0.05) is 0 Å². The highest BCUT2D eigenvalue weighted by Gasteiger charge is 2.27. The maximum absolute atomic E-state index is 4.59. The van der Waals surface area contributed by atoms with Gasteiger partial charge in [0.2, 0.25) is 0 Å². The molecule has 0 aliphatic carbocycles. The first kappa shape index (κ1) is 14.7. The van der Waals surface area contributed by atoms with Crippen molar-refractivity contribution >= 4 is 37.6 Å². The van der Waals surface area contributed by atoms with Crippen LogP contribution in [0.2, 0.25) is 0 Å². The Morgan fingerprint density at radius 2 is 2.04 bits per heavy atom. The number of aryl methyl sites for hydroxylation is 2. The van der Waals surface area contributed by atoms with E-state index in [1.54, 1.807) is 17.7 Å². The van der Waals surface area contributed by atoms with Crippen LogP contribution < -0.4 is 4.90 Å². The number of thiophene rings is 1. The lowest BCUT2D eigenvalue weighted by atomic mass is 10.1. The summed E-state index contributed by atoms with van der Waals surface area (Å²) in [4.78, 5) is 14.8. The van der Waals surface area contributed by atoms with Crippen LogP contribution >= 0.6 is 11.3 Å². The largest absolute Gasteiger partial charge is 0.354 e. The van der Waals surface area contributed by atoms with E-state index < -0.39 is 0 Å². The third-order valence-electron chi connectivity index (χ3n) is 4.84. The Bertz CT molecular complexity index is 887. The summed E-state index contributed by atoms with van der Waals surface area (Å²) in [5.74, 6) is 1.04. The minimum absolute atomic E-state index is 0.582. The number of hydrogen-bond donors (Lipinski definition) is 0. The fourth-order valence-electron chi connectivity index (χ4n) is 3.25. The molecule has 0 saturated carbocycles. The summed E-state index contributed by atoms with van der Waals surface area (Å²) in [6.45, 7) is 6.14. The molecule has 0 N–H and O–H groups in total. The maximum Gasteiger partial charge on any atom is 0.150 e. The van der Waals surface area contributed by atoms with Gasteiger partial charge in [-0.2, -0.15) is 5.10 Å². The summed E-state index contributed by atoms with van der Waals surface area (Å²) in [6.07, 6.45) is 2.85. The minimum atomic E-state index is 0.582. The van der Waals surface area contributed by atoms with Crippen LogP contribution in [0.5, 0.6) is 0 Å². The molecule has 7 heteroatoms. The van der Waals surface area contributed by atoms with Crippen molar-refractivity contribution in [3.8, 4) is 0 Å². The topological polar surface area (TPSA) is 58.0 Å². The molecular weight excluding hydrogens is 308 g/mol. The second-order valence-electron chi connectivity index (χ2n) is 6.42. The Morgan fingerprint density at radius 1 is 1.22 bits per heavy atom. The molecule has 1 saturated heterocycles. The van der Waals surface area contributed by atoms with Gasteiger partial charge in [-0.05, 0) is 39.9 Å². The lowest BCUT2D eigenvalue weighted by molar-refractivity contribution is 0.315. The summed E-state index contributed by atoms with van der Waals surface area (Å²) in [5, 5.41) is 9.75. The van der Waals surface area contributed by atoms with Crippen LogP contribution in [0.1, 0.15) is 17.7 Å². The molecule has 4 heterocycles. The summed E-state index contributed by atoms with van der Waals surface area (Å²) in [6, 6.07) is 0.582. The number of hydrogen-bond acceptors (Lipinski definition) is 7. The van der Waals surface area contributed by atoms with Crippen LogP contribution in [0, 0.1) is 13.8 Å². The first-order valence-corrected chi connectivity index (χ1v) is 8.66. The van der Waals surface area contributed by atoms with E-state index in [1.165, 1.54) is 12.0 Å². The number of likely N-dealkylation sites (N-methyl/N-ethyl adjacent to an activating group) is 1. The minimum Gasteiger partial charge on any atom is -0.354 e. The molecule has 4 rings (SSSR count). The fourth-order valence-corrected chi connectivity index (χ4v) is 4.40. The Kier molecular flexibility index (Phi) is 3.42. The Morgan fingerprint density at radius 3 is 2.78 bits per heavy atom. The van der Waals surface area contributed by atoms with Gasteiger partial charge in [0.15, 0.2) is 0 Å². The van der Waals surface area contributed by atoms with Crippen LogP contribution in [-0.2, 0) is 0 Å². The number of aromatic nitrogens is 4. The number of rotatable bonds is 2. The van der Waals surface area contributed by atoms with Crippen molar-refractivity contribution in [3.63, 3.8) is 0 Å². The SMILES string of the molecule is Cc1nnc2sc3c(N4CCC(N(C)C)C4)ncnc3c2c1C. The van der Waals surface area contributed by atoms with E-state index in [2.05, 4.69) is 51.0 Å². The molecule has 3 aromatic rings. The Hall–Kier alpha value is -1.86. The van der Waals surface area contributed by atoms with Gasteiger partial charge in [0.25, 0.3) is 0 Å². The quantitative estimate of drug-likeness (QED) is 0.720. The van der Waals surface area contributed by atoms with Crippen molar-refractivity contribution in [1.29, 1.82) is 0 Å². The highest BCUT2D eigenvalue weighted by molar-refractivity contribution is 7.26. The third kappa shape index (κ3) is 2.26. The predicted octanol–water partition coefficient (Wildman–Crippen LogP) is 2.39. The molecule has 0 spiro atoms.